The van der Waals surface area contributed by atoms with Gasteiger partial charge < -0.3 is 10.5 Å². The Morgan fingerprint density at radius 3 is 2.94 bits per heavy atom. The second-order valence-corrected chi connectivity index (χ2v) is 4.62. The van der Waals surface area contributed by atoms with Crippen molar-refractivity contribution in [2.75, 3.05) is 0 Å². The minimum absolute atomic E-state index is 0.0263. The van der Waals surface area contributed by atoms with Crippen molar-refractivity contribution in [3.63, 3.8) is 0 Å². The average molecular weight is 306 g/mol. The van der Waals surface area contributed by atoms with Crippen LogP contribution in [0.3, 0.4) is 0 Å². The van der Waals surface area contributed by atoms with Gasteiger partial charge >= 0.3 is 0 Å². The molecule has 0 spiro atoms. The van der Waals surface area contributed by atoms with Crippen LogP contribution in [0.5, 0.6) is 5.75 Å². The molecule has 18 heavy (non-hydrogen) atoms. The monoisotopic (exact) mass is 305 g/mol. The molecule has 1 heterocycles. The molecule has 0 aliphatic carbocycles. The van der Waals surface area contributed by atoms with Crippen LogP contribution in [0.4, 0.5) is 0 Å². The Morgan fingerprint density at radius 2 is 2.22 bits per heavy atom. The Morgan fingerprint density at radius 1 is 1.39 bits per heavy atom. The number of pyridine rings is 1. The highest BCUT2D eigenvalue weighted by molar-refractivity contribution is 9.10. The maximum Gasteiger partial charge on any atom is 0.148 e. The summed E-state index contributed by atoms with van der Waals surface area (Å²) in [4.78, 5) is 3.97. The third kappa shape index (κ3) is 3.07. The van der Waals surface area contributed by atoms with Gasteiger partial charge in [-0.25, -0.2) is 0 Å². The molecule has 0 bridgehead atoms. The van der Waals surface area contributed by atoms with Crippen LogP contribution in [-0.2, 0) is 6.61 Å². The summed E-state index contributed by atoms with van der Waals surface area (Å²) in [6, 6.07) is 9.50. The Hall–Kier alpha value is -1.88. The van der Waals surface area contributed by atoms with Crippen molar-refractivity contribution in [2.45, 2.75) is 6.61 Å². The lowest BCUT2D eigenvalue weighted by molar-refractivity contribution is 0.304. The fourth-order valence-corrected chi connectivity index (χ4v) is 1.95. The average Bonchev–Trinajstić information content (AvgIpc) is 2.37. The quantitative estimate of drug-likeness (QED) is 0.674. The number of halogens is 1. The first-order valence-corrected chi connectivity index (χ1v) is 6.12. The number of nitrogen functional groups attached to an aromatic ring is 1. The third-order valence-electron chi connectivity index (χ3n) is 2.36. The number of ether oxygens (including phenoxy) is 1. The minimum atomic E-state index is -0.0263. The van der Waals surface area contributed by atoms with Gasteiger partial charge in [0.05, 0.1) is 11.8 Å². The van der Waals surface area contributed by atoms with Gasteiger partial charge in [0, 0.05) is 10.7 Å². The number of hydrogen-bond donors (Lipinski definition) is 2. The fraction of sp³-hybridized carbons (Fsp3) is 0.0769. The molecule has 0 fully saturated rings. The number of nitrogens with zero attached hydrogens (tertiary/aromatic N) is 1. The van der Waals surface area contributed by atoms with Gasteiger partial charge in [0.15, 0.2) is 0 Å². The van der Waals surface area contributed by atoms with Crippen LogP contribution in [0.15, 0.2) is 47.2 Å². The molecule has 4 nitrogen and oxygen atoms in total. The smallest absolute Gasteiger partial charge is 0.148 e. The Labute approximate surface area is 113 Å². The van der Waals surface area contributed by atoms with Gasteiger partial charge in [0.25, 0.3) is 0 Å². The maximum absolute atomic E-state index is 7.46. The first kappa shape index (κ1) is 12.6. The molecule has 1 aromatic carbocycles. The molecular formula is C13H12BrN3O. The molecular weight excluding hydrogens is 294 g/mol. The van der Waals surface area contributed by atoms with Crippen molar-refractivity contribution in [3.05, 3.63) is 58.3 Å². The van der Waals surface area contributed by atoms with Gasteiger partial charge in [-0.15, -0.1) is 0 Å². The van der Waals surface area contributed by atoms with Crippen LogP contribution < -0.4 is 10.5 Å². The Bertz CT molecular complexity index is 572. The van der Waals surface area contributed by atoms with Crippen LogP contribution >= 0.6 is 15.9 Å². The predicted octanol–water partition coefficient (Wildman–Crippen LogP) is 2.71. The van der Waals surface area contributed by atoms with Crippen molar-refractivity contribution in [1.29, 1.82) is 5.41 Å². The summed E-state index contributed by atoms with van der Waals surface area (Å²) in [7, 11) is 0. The summed E-state index contributed by atoms with van der Waals surface area (Å²) in [6.45, 7) is 0.408. The van der Waals surface area contributed by atoms with Crippen LogP contribution in [0, 0.1) is 5.41 Å². The largest absolute Gasteiger partial charge is 0.487 e. The molecule has 0 aliphatic rings. The number of nitrogens with one attached hydrogen (secondary N) is 1. The molecule has 92 valence electrons. The Balaban J connectivity index is 2.13. The lowest BCUT2D eigenvalue weighted by Gasteiger charge is -2.10. The summed E-state index contributed by atoms with van der Waals surface area (Å²) in [5.74, 6) is 0.492. The molecule has 0 amide bonds. The minimum Gasteiger partial charge on any atom is -0.487 e. The second kappa shape index (κ2) is 5.64. The molecule has 0 atom stereocenters. The van der Waals surface area contributed by atoms with Crippen LogP contribution in [-0.4, -0.2) is 10.8 Å². The van der Waals surface area contributed by atoms with E-state index in [0.29, 0.717) is 17.9 Å². The Kier molecular flexibility index (Phi) is 3.94. The number of hydrogen-bond acceptors (Lipinski definition) is 3. The van der Waals surface area contributed by atoms with Gasteiger partial charge in [-0.05, 0) is 23.8 Å². The summed E-state index contributed by atoms with van der Waals surface area (Å²) < 4.78 is 6.64. The van der Waals surface area contributed by atoms with Gasteiger partial charge in [0.1, 0.15) is 18.2 Å². The molecule has 5 heteroatoms. The molecule has 1 aromatic heterocycles. The summed E-state index contributed by atoms with van der Waals surface area (Å²) in [6.07, 6.45) is 3.15. The lowest BCUT2D eigenvalue weighted by atomic mass is 10.2. The van der Waals surface area contributed by atoms with Crippen LogP contribution in [0.2, 0.25) is 0 Å². The normalized spacial score (nSPS) is 10.1. The van der Waals surface area contributed by atoms with E-state index in [0.717, 1.165) is 10.0 Å². The SMILES string of the molecule is N=C(N)c1ccncc1OCc1cccc(Br)c1. The number of aromatic nitrogens is 1. The van der Waals surface area contributed by atoms with E-state index in [2.05, 4.69) is 20.9 Å². The highest BCUT2D eigenvalue weighted by atomic mass is 79.9. The predicted molar refractivity (Wildman–Crippen MR) is 73.7 cm³/mol. The number of nitrogens with two attached hydrogens (primary N) is 1. The highest BCUT2D eigenvalue weighted by Gasteiger charge is 2.06. The molecule has 0 saturated carbocycles. The van der Waals surface area contributed by atoms with Crippen LogP contribution in [0.25, 0.3) is 0 Å². The van der Waals surface area contributed by atoms with E-state index in [1.165, 1.54) is 0 Å². The summed E-state index contributed by atoms with van der Waals surface area (Å²) in [5.41, 5.74) is 7.06. The highest BCUT2D eigenvalue weighted by Crippen LogP contribution is 2.18. The molecule has 2 aromatic rings. The molecule has 2 rings (SSSR count). The number of benzene rings is 1. The van der Waals surface area contributed by atoms with E-state index >= 15 is 0 Å². The maximum atomic E-state index is 7.46. The van der Waals surface area contributed by atoms with Crippen molar-refractivity contribution in [3.8, 4) is 5.75 Å². The third-order valence-corrected chi connectivity index (χ3v) is 2.85. The lowest BCUT2D eigenvalue weighted by Crippen LogP contribution is -2.13. The van der Waals surface area contributed by atoms with E-state index in [-0.39, 0.29) is 5.84 Å². The fourth-order valence-electron chi connectivity index (χ4n) is 1.51. The number of rotatable bonds is 4. The van der Waals surface area contributed by atoms with Gasteiger partial charge in [-0.2, -0.15) is 0 Å². The topological polar surface area (TPSA) is 72.0 Å². The zero-order valence-electron chi connectivity index (χ0n) is 9.56. The van der Waals surface area contributed by atoms with Gasteiger partial charge in [-0.3, -0.25) is 10.4 Å². The van der Waals surface area contributed by atoms with E-state index in [4.69, 9.17) is 15.9 Å². The van der Waals surface area contributed by atoms with E-state index in [1.807, 2.05) is 24.3 Å². The summed E-state index contributed by atoms with van der Waals surface area (Å²) in [5, 5.41) is 7.46. The van der Waals surface area contributed by atoms with Crippen LogP contribution in [0.1, 0.15) is 11.1 Å². The van der Waals surface area contributed by atoms with Crippen molar-refractivity contribution >= 4 is 21.8 Å². The zero-order chi connectivity index (χ0) is 13.0. The zero-order valence-corrected chi connectivity index (χ0v) is 11.1. The first-order chi connectivity index (χ1) is 8.66. The second-order valence-electron chi connectivity index (χ2n) is 3.70. The molecule has 0 saturated heterocycles. The summed E-state index contributed by atoms with van der Waals surface area (Å²) >= 11 is 3.40. The van der Waals surface area contributed by atoms with Crippen molar-refractivity contribution in [2.24, 2.45) is 5.73 Å². The molecule has 0 aliphatic heterocycles. The van der Waals surface area contributed by atoms with Crippen molar-refractivity contribution in [1.82, 2.24) is 4.98 Å². The number of amidine groups is 1. The van der Waals surface area contributed by atoms with E-state index in [1.54, 1.807) is 18.5 Å². The van der Waals surface area contributed by atoms with Crippen molar-refractivity contribution < 1.29 is 4.74 Å². The standard InChI is InChI=1S/C13H12BrN3O/c14-10-3-1-2-9(6-10)8-18-12-7-17-5-4-11(12)13(15)16/h1-7H,8H2,(H3,15,16). The van der Waals surface area contributed by atoms with Gasteiger partial charge in [-0.1, -0.05) is 28.1 Å². The molecule has 0 unspecified atom stereocenters. The van der Waals surface area contributed by atoms with E-state index < -0.39 is 0 Å². The molecule has 0 radical (unpaired) electrons. The molecule has 3 N–H and O–H groups in total. The van der Waals surface area contributed by atoms with Gasteiger partial charge in [0.2, 0.25) is 0 Å². The first-order valence-electron chi connectivity index (χ1n) is 5.32. The van der Waals surface area contributed by atoms with E-state index in [9.17, 15) is 0 Å².